The summed E-state index contributed by atoms with van der Waals surface area (Å²) >= 11 is 0. The van der Waals surface area contributed by atoms with E-state index in [1.165, 1.54) is 37.7 Å². The summed E-state index contributed by atoms with van der Waals surface area (Å²) in [4.78, 5) is 15.9. The maximum Gasteiger partial charge on any atom is 0.233 e. The SMILES string of the molecule is O=C(N1CCCC2(CCCNC2)C1)C1(c2ccccc2)CCCC1. The van der Waals surface area contributed by atoms with Crippen LogP contribution in [0.2, 0.25) is 0 Å². The molecule has 130 valence electrons. The number of carbonyl (C=O) groups is 1. The highest BCUT2D eigenvalue weighted by Crippen LogP contribution is 2.44. The van der Waals surface area contributed by atoms with E-state index >= 15 is 0 Å². The van der Waals surface area contributed by atoms with Crippen LogP contribution in [0.1, 0.15) is 56.9 Å². The van der Waals surface area contributed by atoms with Crippen molar-refractivity contribution in [3.63, 3.8) is 0 Å². The van der Waals surface area contributed by atoms with Crippen molar-refractivity contribution in [1.29, 1.82) is 0 Å². The lowest BCUT2D eigenvalue weighted by atomic mass is 9.72. The van der Waals surface area contributed by atoms with Crippen LogP contribution in [0.15, 0.2) is 30.3 Å². The Kier molecular flexibility index (Phi) is 4.38. The Labute approximate surface area is 145 Å². The van der Waals surface area contributed by atoms with Crippen LogP contribution in [-0.4, -0.2) is 37.0 Å². The first-order chi connectivity index (χ1) is 11.7. The molecule has 1 N–H and O–H groups in total. The maximum absolute atomic E-state index is 13.7. The van der Waals surface area contributed by atoms with Crippen molar-refractivity contribution in [2.75, 3.05) is 26.2 Å². The number of piperidine rings is 2. The highest BCUT2D eigenvalue weighted by Gasteiger charge is 2.47. The van der Waals surface area contributed by atoms with Crippen molar-refractivity contribution in [2.45, 2.75) is 56.8 Å². The van der Waals surface area contributed by atoms with Gasteiger partial charge in [-0.05, 0) is 50.6 Å². The second kappa shape index (κ2) is 6.51. The van der Waals surface area contributed by atoms with Gasteiger partial charge >= 0.3 is 0 Å². The smallest absolute Gasteiger partial charge is 0.233 e. The average molecular weight is 326 g/mol. The number of benzene rings is 1. The lowest BCUT2D eigenvalue weighted by molar-refractivity contribution is -0.141. The van der Waals surface area contributed by atoms with E-state index in [1.807, 2.05) is 0 Å². The molecule has 2 aliphatic heterocycles. The van der Waals surface area contributed by atoms with Gasteiger partial charge in [0.2, 0.25) is 5.91 Å². The molecule has 3 fully saturated rings. The van der Waals surface area contributed by atoms with Gasteiger partial charge in [0.25, 0.3) is 0 Å². The summed E-state index contributed by atoms with van der Waals surface area (Å²) in [6, 6.07) is 10.6. The summed E-state index contributed by atoms with van der Waals surface area (Å²) in [5, 5.41) is 3.58. The monoisotopic (exact) mass is 326 g/mol. The van der Waals surface area contributed by atoms with E-state index in [0.717, 1.165) is 45.4 Å². The van der Waals surface area contributed by atoms with Crippen LogP contribution in [0.3, 0.4) is 0 Å². The van der Waals surface area contributed by atoms with Crippen LogP contribution in [-0.2, 0) is 10.2 Å². The third-order valence-electron chi connectivity index (χ3n) is 6.70. The minimum Gasteiger partial charge on any atom is -0.341 e. The number of hydrogen-bond acceptors (Lipinski definition) is 2. The fourth-order valence-electron chi connectivity index (χ4n) is 5.42. The van der Waals surface area contributed by atoms with E-state index < -0.39 is 0 Å². The van der Waals surface area contributed by atoms with E-state index in [4.69, 9.17) is 0 Å². The van der Waals surface area contributed by atoms with Crippen molar-refractivity contribution < 1.29 is 4.79 Å². The number of nitrogens with zero attached hydrogens (tertiary/aromatic N) is 1. The Balaban J connectivity index is 1.59. The molecule has 0 radical (unpaired) electrons. The zero-order valence-corrected chi connectivity index (χ0v) is 14.7. The molecule has 3 aliphatic rings. The van der Waals surface area contributed by atoms with Gasteiger partial charge < -0.3 is 10.2 Å². The number of rotatable bonds is 2. The Morgan fingerprint density at radius 3 is 2.42 bits per heavy atom. The molecule has 24 heavy (non-hydrogen) atoms. The zero-order chi connectivity index (χ0) is 16.5. The van der Waals surface area contributed by atoms with Crippen LogP contribution in [0.25, 0.3) is 0 Å². The first kappa shape index (κ1) is 16.1. The van der Waals surface area contributed by atoms with Gasteiger partial charge in [0, 0.05) is 25.0 Å². The molecule has 0 aromatic heterocycles. The molecule has 2 saturated heterocycles. The third kappa shape index (κ3) is 2.77. The number of hydrogen-bond donors (Lipinski definition) is 1. The minimum atomic E-state index is -0.248. The minimum absolute atomic E-state index is 0.248. The molecule has 1 unspecified atom stereocenters. The number of carbonyl (C=O) groups excluding carboxylic acids is 1. The second-order valence-corrected chi connectivity index (χ2v) is 8.27. The Bertz CT molecular complexity index is 565. The second-order valence-electron chi connectivity index (χ2n) is 8.27. The van der Waals surface area contributed by atoms with Crippen LogP contribution in [0.5, 0.6) is 0 Å². The Hall–Kier alpha value is -1.35. The first-order valence-corrected chi connectivity index (χ1v) is 9.80. The van der Waals surface area contributed by atoms with Crippen molar-refractivity contribution in [2.24, 2.45) is 5.41 Å². The fraction of sp³-hybridized carbons (Fsp3) is 0.667. The lowest BCUT2D eigenvalue weighted by Crippen LogP contribution is -2.56. The topological polar surface area (TPSA) is 32.3 Å². The number of amides is 1. The molecule has 3 heteroatoms. The van der Waals surface area contributed by atoms with Gasteiger partial charge in [-0.2, -0.15) is 0 Å². The number of nitrogens with one attached hydrogen (secondary N) is 1. The normalized spacial score (nSPS) is 29.8. The predicted molar refractivity (Wildman–Crippen MR) is 96.9 cm³/mol. The fourth-order valence-corrected chi connectivity index (χ4v) is 5.42. The maximum atomic E-state index is 13.7. The van der Waals surface area contributed by atoms with Crippen molar-refractivity contribution >= 4 is 5.91 Å². The molecule has 3 nitrogen and oxygen atoms in total. The highest BCUT2D eigenvalue weighted by molar-refractivity contribution is 5.88. The molecule has 4 rings (SSSR count). The summed E-state index contributed by atoms with van der Waals surface area (Å²) < 4.78 is 0. The number of likely N-dealkylation sites (tertiary alicyclic amines) is 1. The van der Waals surface area contributed by atoms with E-state index in [-0.39, 0.29) is 5.41 Å². The lowest BCUT2D eigenvalue weighted by Gasteiger charge is -2.47. The van der Waals surface area contributed by atoms with Crippen LogP contribution in [0, 0.1) is 5.41 Å². The van der Waals surface area contributed by atoms with Crippen molar-refractivity contribution in [1.82, 2.24) is 10.2 Å². The van der Waals surface area contributed by atoms with E-state index in [0.29, 0.717) is 11.3 Å². The van der Waals surface area contributed by atoms with E-state index in [9.17, 15) is 4.79 Å². The van der Waals surface area contributed by atoms with E-state index in [1.54, 1.807) is 0 Å². The molecule has 1 saturated carbocycles. The van der Waals surface area contributed by atoms with Gasteiger partial charge in [0.15, 0.2) is 0 Å². The standard InChI is InChI=1S/C21H30N2O/c24-19(21(12-4-5-13-21)18-8-2-1-3-9-18)23-15-7-11-20(17-23)10-6-14-22-16-20/h1-3,8-9,22H,4-7,10-17H2. The molecule has 2 heterocycles. The molecule has 1 aromatic rings. The predicted octanol–water partition coefficient (Wildman–Crippen LogP) is 3.49. The molecule has 1 spiro atoms. The molecule has 0 bridgehead atoms. The van der Waals surface area contributed by atoms with Gasteiger partial charge in [-0.3, -0.25) is 4.79 Å². The highest BCUT2D eigenvalue weighted by atomic mass is 16.2. The molecule has 1 atom stereocenters. The first-order valence-electron chi connectivity index (χ1n) is 9.80. The van der Waals surface area contributed by atoms with Gasteiger partial charge in [-0.25, -0.2) is 0 Å². The van der Waals surface area contributed by atoms with Gasteiger partial charge in [0.05, 0.1) is 5.41 Å². The zero-order valence-electron chi connectivity index (χ0n) is 14.7. The van der Waals surface area contributed by atoms with Crippen LogP contribution >= 0.6 is 0 Å². The molecule has 1 aliphatic carbocycles. The van der Waals surface area contributed by atoms with Gasteiger partial charge in [0.1, 0.15) is 0 Å². The largest absolute Gasteiger partial charge is 0.341 e. The van der Waals surface area contributed by atoms with Crippen molar-refractivity contribution in [3.05, 3.63) is 35.9 Å². The quantitative estimate of drug-likeness (QED) is 0.902. The van der Waals surface area contributed by atoms with E-state index in [2.05, 4.69) is 40.5 Å². The third-order valence-corrected chi connectivity index (χ3v) is 6.70. The molecule has 1 aromatic carbocycles. The van der Waals surface area contributed by atoms with Crippen molar-refractivity contribution in [3.8, 4) is 0 Å². The summed E-state index contributed by atoms with van der Waals surface area (Å²) in [6.45, 7) is 4.15. The summed E-state index contributed by atoms with van der Waals surface area (Å²) in [5.74, 6) is 0.413. The van der Waals surface area contributed by atoms with Crippen LogP contribution < -0.4 is 5.32 Å². The molecular formula is C21H30N2O. The molecular weight excluding hydrogens is 296 g/mol. The van der Waals surface area contributed by atoms with Crippen LogP contribution in [0.4, 0.5) is 0 Å². The van der Waals surface area contributed by atoms with Gasteiger partial charge in [-0.1, -0.05) is 43.2 Å². The molecule has 1 amide bonds. The Morgan fingerprint density at radius 1 is 0.958 bits per heavy atom. The summed E-state index contributed by atoms with van der Waals surface area (Å²) in [7, 11) is 0. The van der Waals surface area contributed by atoms with Gasteiger partial charge in [-0.15, -0.1) is 0 Å². The summed E-state index contributed by atoms with van der Waals surface area (Å²) in [5.41, 5.74) is 1.33. The Morgan fingerprint density at radius 2 is 1.71 bits per heavy atom. The summed E-state index contributed by atoms with van der Waals surface area (Å²) in [6.07, 6.45) is 9.39. The average Bonchev–Trinajstić information content (AvgIpc) is 3.14.